The first-order chi connectivity index (χ1) is 13.7. The van der Waals surface area contributed by atoms with Crippen LogP contribution in [0.4, 0.5) is 10.5 Å². The van der Waals surface area contributed by atoms with Crippen LogP contribution in [0.1, 0.15) is 61.7 Å². The molecule has 6 rings (SSSR count). The van der Waals surface area contributed by atoms with E-state index in [1.54, 1.807) is 0 Å². The number of anilines is 1. The first-order valence-corrected chi connectivity index (χ1v) is 11.1. The summed E-state index contributed by atoms with van der Waals surface area (Å²) in [6.45, 7) is 1.71. The average Bonchev–Trinajstić information content (AvgIpc) is 2.71. The second kappa shape index (κ2) is 7.41. The summed E-state index contributed by atoms with van der Waals surface area (Å²) in [5.41, 5.74) is 1.45. The molecule has 150 valence electrons. The molecule has 0 atom stereocenters. The molecule has 5 aliphatic rings. The lowest BCUT2D eigenvalue weighted by molar-refractivity contribution is -0.00883. The van der Waals surface area contributed by atoms with Crippen LogP contribution in [0.2, 0.25) is 0 Å². The Morgan fingerprint density at radius 3 is 2.04 bits per heavy atom. The molecule has 0 spiro atoms. The van der Waals surface area contributed by atoms with E-state index < -0.39 is 0 Å². The lowest BCUT2D eigenvalue weighted by atomic mass is 9.54. The molecule has 28 heavy (non-hydrogen) atoms. The van der Waals surface area contributed by atoms with Crippen LogP contribution in [-0.2, 0) is 0 Å². The molecule has 1 aliphatic heterocycles. The van der Waals surface area contributed by atoms with Crippen molar-refractivity contribution >= 4 is 17.6 Å². The number of hydrogen-bond acceptors (Lipinski definition) is 2. The number of nitrogens with zero attached hydrogens (tertiary/aromatic N) is 1. The van der Waals surface area contributed by atoms with Gasteiger partial charge in [-0.2, -0.15) is 0 Å². The summed E-state index contributed by atoms with van der Waals surface area (Å²) >= 11 is 0. The first kappa shape index (κ1) is 18.0. The standard InChI is InChI=1S/C23H31N3O2/c27-22(26-8-2-1-3-9-26)17-4-6-20(7-5-17)24-23(28)25-21-18-11-15-10-16(13-18)14-19(21)12-15/h4-7,15-16,18-19,21H,1-3,8-14H2,(H2,24,25,28). The summed E-state index contributed by atoms with van der Waals surface area (Å²) in [4.78, 5) is 27.1. The van der Waals surface area contributed by atoms with E-state index in [0.29, 0.717) is 23.4 Å². The molecule has 1 saturated heterocycles. The number of hydrogen-bond donors (Lipinski definition) is 2. The molecule has 4 saturated carbocycles. The van der Waals surface area contributed by atoms with Crippen molar-refractivity contribution in [3.63, 3.8) is 0 Å². The molecule has 0 radical (unpaired) electrons. The van der Waals surface area contributed by atoms with E-state index in [1.807, 2.05) is 29.2 Å². The fourth-order valence-electron chi connectivity index (χ4n) is 6.46. The Kier molecular flexibility index (Phi) is 4.77. The number of benzene rings is 1. The molecule has 1 heterocycles. The second-order valence-corrected chi connectivity index (χ2v) is 9.49. The van der Waals surface area contributed by atoms with Crippen LogP contribution in [0.25, 0.3) is 0 Å². The summed E-state index contributed by atoms with van der Waals surface area (Å²) < 4.78 is 0. The molecule has 1 aromatic carbocycles. The van der Waals surface area contributed by atoms with Crippen LogP contribution < -0.4 is 10.6 Å². The molecule has 4 aliphatic carbocycles. The molecular weight excluding hydrogens is 350 g/mol. The molecule has 5 nitrogen and oxygen atoms in total. The summed E-state index contributed by atoms with van der Waals surface area (Å²) in [5, 5.41) is 6.25. The van der Waals surface area contributed by atoms with Gasteiger partial charge in [0, 0.05) is 30.4 Å². The zero-order valence-corrected chi connectivity index (χ0v) is 16.5. The highest BCUT2D eigenvalue weighted by Gasteiger charge is 2.48. The minimum atomic E-state index is -0.104. The molecule has 4 bridgehead atoms. The summed E-state index contributed by atoms with van der Waals surface area (Å²) in [6.07, 6.45) is 10.0. The smallest absolute Gasteiger partial charge is 0.319 e. The van der Waals surface area contributed by atoms with Crippen LogP contribution in [0.15, 0.2) is 24.3 Å². The normalized spacial score (nSPS) is 33.6. The number of rotatable bonds is 3. The Morgan fingerprint density at radius 1 is 0.821 bits per heavy atom. The lowest BCUT2D eigenvalue weighted by Crippen LogP contribution is -2.56. The van der Waals surface area contributed by atoms with Crippen LogP contribution >= 0.6 is 0 Å². The topological polar surface area (TPSA) is 61.4 Å². The van der Waals surface area contributed by atoms with Gasteiger partial charge in [-0.05, 0) is 99.3 Å². The summed E-state index contributed by atoms with van der Waals surface area (Å²) in [6, 6.07) is 7.58. The fourth-order valence-corrected chi connectivity index (χ4v) is 6.46. The van der Waals surface area contributed by atoms with Crippen LogP contribution in [-0.4, -0.2) is 36.0 Å². The van der Waals surface area contributed by atoms with Gasteiger partial charge in [0.2, 0.25) is 0 Å². The SMILES string of the molecule is O=C(Nc1ccc(C(=O)N2CCCCC2)cc1)NC1C2CC3CC(C2)CC1C3. The number of urea groups is 1. The van der Waals surface area contributed by atoms with Crippen molar-refractivity contribution in [2.24, 2.45) is 23.7 Å². The Hall–Kier alpha value is -2.04. The van der Waals surface area contributed by atoms with Gasteiger partial charge < -0.3 is 15.5 Å². The number of piperidine rings is 1. The summed E-state index contributed by atoms with van der Waals surface area (Å²) in [7, 11) is 0. The number of likely N-dealkylation sites (tertiary alicyclic amines) is 1. The van der Waals surface area contributed by atoms with Crippen molar-refractivity contribution in [1.82, 2.24) is 10.2 Å². The van der Waals surface area contributed by atoms with Gasteiger partial charge in [0.25, 0.3) is 5.91 Å². The molecule has 0 aromatic heterocycles. The maximum absolute atomic E-state index is 12.6. The second-order valence-electron chi connectivity index (χ2n) is 9.49. The minimum absolute atomic E-state index is 0.101. The van der Waals surface area contributed by atoms with Crippen molar-refractivity contribution in [2.45, 2.75) is 57.4 Å². The molecule has 2 N–H and O–H groups in total. The third-order valence-corrected chi connectivity index (χ3v) is 7.56. The third-order valence-electron chi connectivity index (χ3n) is 7.56. The molecule has 0 unspecified atom stereocenters. The Labute approximate surface area is 167 Å². The predicted octanol–water partition coefficient (Wildman–Crippen LogP) is 4.26. The van der Waals surface area contributed by atoms with Crippen LogP contribution in [0.3, 0.4) is 0 Å². The van der Waals surface area contributed by atoms with Gasteiger partial charge in [-0.15, -0.1) is 0 Å². The quantitative estimate of drug-likeness (QED) is 0.822. The van der Waals surface area contributed by atoms with Crippen LogP contribution in [0, 0.1) is 23.7 Å². The van der Waals surface area contributed by atoms with E-state index >= 15 is 0 Å². The van der Waals surface area contributed by atoms with E-state index in [-0.39, 0.29) is 11.9 Å². The highest BCUT2D eigenvalue weighted by atomic mass is 16.2. The van der Waals surface area contributed by atoms with Gasteiger partial charge >= 0.3 is 6.03 Å². The fraction of sp³-hybridized carbons (Fsp3) is 0.652. The highest BCUT2D eigenvalue weighted by Crippen LogP contribution is 2.53. The first-order valence-electron chi connectivity index (χ1n) is 11.1. The number of carbonyl (C=O) groups is 2. The van der Waals surface area contributed by atoms with Gasteiger partial charge in [0.05, 0.1) is 0 Å². The van der Waals surface area contributed by atoms with Gasteiger partial charge in [0.1, 0.15) is 0 Å². The van der Waals surface area contributed by atoms with Crippen LogP contribution in [0.5, 0.6) is 0 Å². The van der Waals surface area contributed by atoms with Gasteiger partial charge in [-0.1, -0.05) is 0 Å². The van der Waals surface area contributed by atoms with Crippen molar-refractivity contribution in [3.8, 4) is 0 Å². The maximum atomic E-state index is 12.6. The van der Waals surface area contributed by atoms with E-state index in [2.05, 4.69) is 10.6 Å². The maximum Gasteiger partial charge on any atom is 0.319 e. The predicted molar refractivity (Wildman–Crippen MR) is 109 cm³/mol. The van der Waals surface area contributed by atoms with E-state index in [1.165, 1.54) is 38.5 Å². The van der Waals surface area contributed by atoms with Crippen molar-refractivity contribution < 1.29 is 9.59 Å². The third kappa shape index (κ3) is 3.51. The molecule has 1 aromatic rings. The van der Waals surface area contributed by atoms with Gasteiger partial charge in [0.15, 0.2) is 0 Å². The average molecular weight is 382 g/mol. The molecule has 3 amide bonds. The largest absolute Gasteiger partial charge is 0.339 e. The molecule has 5 heteroatoms. The number of carbonyl (C=O) groups excluding carboxylic acids is 2. The van der Waals surface area contributed by atoms with E-state index in [0.717, 1.165) is 43.5 Å². The van der Waals surface area contributed by atoms with E-state index in [9.17, 15) is 9.59 Å². The monoisotopic (exact) mass is 381 g/mol. The van der Waals surface area contributed by atoms with Gasteiger partial charge in [-0.25, -0.2) is 4.79 Å². The van der Waals surface area contributed by atoms with Crippen molar-refractivity contribution in [1.29, 1.82) is 0 Å². The highest BCUT2D eigenvalue weighted by molar-refractivity contribution is 5.95. The molecular formula is C23H31N3O2. The zero-order chi connectivity index (χ0) is 19.1. The summed E-state index contributed by atoms with van der Waals surface area (Å²) in [5.74, 6) is 3.27. The Balaban J connectivity index is 1.17. The van der Waals surface area contributed by atoms with Crippen molar-refractivity contribution in [3.05, 3.63) is 29.8 Å². The minimum Gasteiger partial charge on any atom is -0.339 e. The zero-order valence-electron chi connectivity index (χ0n) is 16.5. The van der Waals surface area contributed by atoms with E-state index in [4.69, 9.17) is 0 Å². The Morgan fingerprint density at radius 2 is 1.43 bits per heavy atom. The molecule has 5 fully saturated rings. The number of amides is 3. The van der Waals surface area contributed by atoms with Crippen molar-refractivity contribution in [2.75, 3.05) is 18.4 Å². The Bertz CT molecular complexity index is 711. The lowest BCUT2D eigenvalue weighted by Gasteiger charge is -2.54. The number of nitrogens with one attached hydrogen (secondary N) is 2. The van der Waals surface area contributed by atoms with Gasteiger partial charge in [-0.3, -0.25) is 4.79 Å².